The van der Waals surface area contributed by atoms with E-state index in [0.29, 0.717) is 24.5 Å². The summed E-state index contributed by atoms with van der Waals surface area (Å²) in [5.74, 6) is -0.946. The van der Waals surface area contributed by atoms with Gasteiger partial charge >= 0.3 is 0 Å². The normalized spacial score (nSPS) is 14.5. The summed E-state index contributed by atoms with van der Waals surface area (Å²) < 4.78 is 26.7. The molecule has 0 spiro atoms. The van der Waals surface area contributed by atoms with E-state index in [2.05, 4.69) is 10.9 Å². The molecule has 1 aliphatic heterocycles. The maximum absolute atomic E-state index is 12.6. The Hall–Kier alpha value is -2.42. The molecule has 0 saturated carbocycles. The highest BCUT2D eigenvalue weighted by Crippen LogP contribution is 2.21. The Morgan fingerprint density at radius 1 is 1.00 bits per heavy atom. The molecular weight excluding hydrogens is 414 g/mol. The minimum atomic E-state index is -3.61. The molecule has 2 N–H and O–H groups in total. The van der Waals surface area contributed by atoms with Crippen LogP contribution in [0.3, 0.4) is 0 Å². The standard InChI is InChI=1S/C20H22ClN3O4S/c21-17-7-3-5-15(13-17)9-10-19(25)22-23-20(26)16-6-4-8-18(14-16)29(27,28)24-11-1-2-12-24/h3-8,13-14H,1-2,9-12H2,(H,22,25)(H,23,26). The second kappa shape index (κ2) is 9.39. The molecule has 7 nitrogen and oxygen atoms in total. The third-order valence-electron chi connectivity index (χ3n) is 4.64. The molecule has 1 aliphatic rings. The van der Waals surface area contributed by atoms with Crippen LogP contribution in [0.1, 0.15) is 35.2 Å². The Kier molecular flexibility index (Phi) is 6.89. The first kappa shape index (κ1) is 21.3. The SMILES string of the molecule is O=C(CCc1cccc(Cl)c1)NNC(=O)c1cccc(S(=O)(=O)N2CCCC2)c1. The molecular formula is C20H22ClN3O4S. The van der Waals surface area contributed by atoms with Crippen LogP contribution in [-0.2, 0) is 21.2 Å². The maximum Gasteiger partial charge on any atom is 0.269 e. The van der Waals surface area contributed by atoms with Gasteiger partial charge in [0.1, 0.15) is 0 Å². The number of halogens is 1. The average molecular weight is 436 g/mol. The zero-order chi connectivity index (χ0) is 20.9. The molecule has 0 aromatic heterocycles. The molecule has 1 fully saturated rings. The van der Waals surface area contributed by atoms with Crippen molar-refractivity contribution in [3.63, 3.8) is 0 Å². The van der Waals surface area contributed by atoms with Gasteiger partial charge in [-0.2, -0.15) is 4.31 Å². The van der Waals surface area contributed by atoms with Crippen molar-refractivity contribution in [1.29, 1.82) is 0 Å². The van der Waals surface area contributed by atoms with Crippen LogP contribution in [0.15, 0.2) is 53.4 Å². The van der Waals surface area contributed by atoms with Gasteiger partial charge in [0.25, 0.3) is 5.91 Å². The quantitative estimate of drug-likeness (QED) is 0.681. The predicted molar refractivity (Wildman–Crippen MR) is 110 cm³/mol. The van der Waals surface area contributed by atoms with Gasteiger partial charge in [-0.1, -0.05) is 29.8 Å². The lowest BCUT2D eigenvalue weighted by molar-refractivity contribution is -0.121. The summed E-state index contributed by atoms with van der Waals surface area (Å²) in [6, 6.07) is 13.0. The third-order valence-corrected chi connectivity index (χ3v) is 6.77. The van der Waals surface area contributed by atoms with E-state index in [4.69, 9.17) is 11.6 Å². The number of nitrogens with one attached hydrogen (secondary N) is 2. The smallest absolute Gasteiger partial charge is 0.269 e. The van der Waals surface area contributed by atoms with Crippen molar-refractivity contribution < 1.29 is 18.0 Å². The van der Waals surface area contributed by atoms with Gasteiger partial charge in [-0.15, -0.1) is 0 Å². The molecule has 0 unspecified atom stereocenters. The fourth-order valence-corrected chi connectivity index (χ4v) is 4.86. The fraction of sp³-hybridized carbons (Fsp3) is 0.300. The number of aryl methyl sites for hydroxylation is 1. The predicted octanol–water partition coefficient (Wildman–Crippen LogP) is 2.52. The van der Waals surface area contributed by atoms with E-state index >= 15 is 0 Å². The number of hydrazine groups is 1. The van der Waals surface area contributed by atoms with E-state index in [0.717, 1.165) is 18.4 Å². The summed E-state index contributed by atoms with van der Waals surface area (Å²) in [6.45, 7) is 0.975. The van der Waals surface area contributed by atoms with Crippen LogP contribution in [0.25, 0.3) is 0 Å². The van der Waals surface area contributed by atoms with Crippen LogP contribution in [0.2, 0.25) is 5.02 Å². The summed E-state index contributed by atoms with van der Waals surface area (Å²) in [4.78, 5) is 24.4. The lowest BCUT2D eigenvalue weighted by atomic mass is 10.1. The van der Waals surface area contributed by atoms with Gasteiger partial charge in [0, 0.05) is 30.1 Å². The van der Waals surface area contributed by atoms with Crippen LogP contribution in [-0.4, -0.2) is 37.6 Å². The molecule has 3 rings (SSSR count). The number of nitrogens with zero attached hydrogens (tertiary/aromatic N) is 1. The Labute approximate surface area is 175 Å². The topological polar surface area (TPSA) is 95.6 Å². The van der Waals surface area contributed by atoms with Crippen molar-refractivity contribution in [2.75, 3.05) is 13.1 Å². The van der Waals surface area contributed by atoms with E-state index in [-0.39, 0.29) is 22.8 Å². The zero-order valence-corrected chi connectivity index (χ0v) is 17.3. The number of rotatable bonds is 6. The zero-order valence-electron chi connectivity index (χ0n) is 15.7. The van der Waals surface area contributed by atoms with Crippen LogP contribution in [0, 0.1) is 0 Å². The van der Waals surface area contributed by atoms with Gasteiger partial charge in [0.05, 0.1) is 4.90 Å². The van der Waals surface area contributed by atoms with Crippen LogP contribution < -0.4 is 10.9 Å². The number of hydrogen-bond donors (Lipinski definition) is 2. The molecule has 1 heterocycles. The van der Waals surface area contributed by atoms with Crippen molar-refractivity contribution in [3.05, 3.63) is 64.7 Å². The van der Waals surface area contributed by atoms with Gasteiger partial charge in [0.2, 0.25) is 15.9 Å². The Morgan fingerprint density at radius 2 is 1.72 bits per heavy atom. The van der Waals surface area contributed by atoms with Crippen LogP contribution >= 0.6 is 11.6 Å². The second-order valence-electron chi connectivity index (χ2n) is 6.77. The van der Waals surface area contributed by atoms with Crippen LogP contribution in [0.5, 0.6) is 0 Å². The Morgan fingerprint density at radius 3 is 2.45 bits per heavy atom. The summed E-state index contributed by atoms with van der Waals surface area (Å²) in [5.41, 5.74) is 5.74. The average Bonchev–Trinajstić information content (AvgIpc) is 3.26. The first-order chi connectivity index (χ1) is 13.9. The monoisotopic (exact) mass is 435 g/mol. The van der Waals surface area contributed by atoms with E-state index in [1.54, 1.807) is 18.2 Å². The number of sulfonamides is 1. The lowest BCUT2D eigenvalue weighted by Gasteiger charge is -2.16. The largest absolute Gasteiger partial charge is 0.273 e. The van der Waals surface area contributed by atoms with Crippen molar-refractivity contribution in [3.8, 4) is 0 Å². The molecule has 2 aromatic rings. The van der Waals surface area contributed by atoms with Gasteiger partial charge in [-0.25, -0.2) is 8.42 Å². The number of benzene rings is 2. The number of carbonyl (C=O) groups excluding carboxylic acids is 2. The molecule has 0 atom stereocenters. The molecule has 0 radical (unpaired) electrons. The van der Waals surface area contributed by atoms with Gasteiger partial charge in [0.15, 0.2) is 0 Å². The molecule has 29 heavy (non-hydrogen) atoms. The molecule has 9 heteroatoms. The van der Waals surface area contributed by atoms with Crippen molar-refractivity contribution in [2.45, 2.75) is 30.6 Å². The van der Waals surface area contributed by atoms with E-state index in [1.165, 1.54) is 28.6 Å². The number of hydrogen-bond acceptors (Lipinski definition) is 4. The molecule has 0 aliphatic carbocycles. The van der Waals surface area contributed by atoms with Gasteiger partial charge in [-0.3, -0.25) is 20.4 Å². The number of amides is 2. The molecule has 0 bridgehead atoms. The minimum absolute atomic E-state index is 0.0688. The Bertz CT molecular complexity index is 1000. The van der Waals surface area contributed by atoms with Crippen LogP contribution in [0.4, 0.5) is 0 Å². The van der Waals surface area contributed by atoms with Gasteiger partial charge < -0.3 is 0 Å². The highest BCUT2D eigenvalue weighted by atomic mass is 35.5. The fourth-order valence-electron chi connectivity index (χ4n) is 3.09. The van der Waals surface area contributed by atoms with Crippen molar-refractivity contribution in [1.82, 2.24) is 15.2 Å². The maximum atomic E-state index is 12.6. The summed E-state index contributed by atoms with van der Waals surface area (Å²) in [6.07, 6.45) is 2.32. The highest BCUT2D eigenvalue weighted by molar-refractivity contribution is 7.89. The second-order valence-corrected chi connectivity index (χ2v) is 9.15. The first-order valence-corrected chi connectivity index (χ1v) is 11.1. The highest BCUT2D eigenvalue weighted by Gasteiger charge is 2.27. The minimum Gasteiger partial charge on any atom is -0.273 e. The Balaban J connectivity index is 1.56. The van der Waals surface area contributed by atoms with Crippen molar-refractivity contribution in [2.24, 2.45) is 0 Å². The molecule has 154 valence electrons. The number of carbonyl (C=O) groups is 2. The molecule has 2 aromatic carbocycles. The third kappa shape index (κ3) is 5.56. The first-order valence-electron chi connectivity index (χ1n) is 9.30. The molecule has 1 saturated heterocycles. The summed E-state index contributed by atoms with van der Waals surface area (Å²) in [7, 11) is -3.61. The molecule has 2 amide bonds. The van der Waals surface area contributed by atoms with Crippen molar-refractivity contribution >= 4 is 33.4 Å². The lowest BCUT2D eigenvalue weighted by Crippen LogP contribution is -2.41. The van der Waals surface area contributed by atoms with E-state index in [1.807, 2.05) is 6.07 Å². The van der Waals surface area contributed by atoms with Gasteiger partial charge in [-0.05, 0) is 55.2 Å². The van der Waals surface area contributed by atoms with E-state index < -0.39 is 15.9 Å². The summed E-state index contributed by atoms with van der Waals surface area (Å²) in [5, 5.41) is 0.597. The van der Waals surface area contributed by atoms with E-state index in [9.17, 15) is 18.0 Å². The summed E-state index contributed by atoms with van der Waals surface area (Å²) >= 11 is 5.91.